The van der Waals surface area contributed by atoms with Gasteiger partial charge in [0, 0.05) is 30.5 Å². The summed E-state index contributed by atoms with van der Waals surface area (Å²) in [5.41, 5.74) is 1.73. The van der Waals surface area contributed by atoms with E-state index >= 15 is 0 Å². The highest BCUT2D eigenvalue weighted by atomic mass is 16.5. The van der Waals surface area contributed by atoms with E-state index in [1.54, 1.807) is 0 Å². The van der Waals surface area contributed by atoms with Crippen LogP contribution in [0.5, 0.6) is 0 Å². The van der Waals surface area contributed by atoms with Gasteiger partial charge in [-0.2, -0.15) is 0 Å². The predicted molar refractivity (Wildman–Crippen MR) is 101 cm³/mol. The third-order valence-corrected chi connectivity index (χ3v) is 4.81. The monoisotopic (exact) mass is 368 g/mol. The van der Waals surface area contributed by atoms with Gasteiger partial charge in [-0.1, -0.05) is 25.1 Å². The fourth-order valence-corrected chi connectivity index (χ4v) is 3.46. The zero-order chi connectivity index (χ0) is 18.6. The Morgan fingerprint density at radius 1 is 1.33 bits per heavy atom. The predicted octanol–water partition coefficient (Wildman–Crippen LogP) is 2.94. The number of aryl methyl sites for hydroxylation is 1. The molecule has 1 saturated heterocycles. The zero-order valence-corrected chi connectivity index (χ0v) is 15.5. The number of aromatic nitrogens is 3. The number of ether oxygens (including phenoxy) is 1. The SMILES string of the molecule is CCCc1nnc(-c2cc3ccccc3n2CC(=O)NC[C@H]2CCCO2)o1. The first kappa shape index (κ1) is 17.7. The van der Waals surface area contributed by atoms with Gasteiger partial charge in [0.05, 0.1) is 6.10 Å². The molecule has 0 aliphatic carbocycles. The number of hydrogen-bond acceptors (Lipinski definition) is 5. The molecule has 0 unspecified atom stereocenters. The van der Waals surface area contributed by atoms with Crippen molar-refractivity contribution in [2.45, 2.75) is 45.3 Å². The minimum atomic E-state index is -0.0543. The molecule has 1 amide bonds. The van der Waals surface area contributed by atoms with Gasteiger partial charge in [0.15, 0.2) is 0 Å². The molecule has 142 valence electrons. The first-order chi connectivity index (χ1) is 13.2. The lowest BCUT2D eigenvalue weighted by Gasteiger charge is -2.12. The molecule has 1 aliphatic heterocycles. The Kier molecular flexibility index (Phi) is 5.20. The Balaban J connectivity index is 1.58. The molecular formula is C20H24N4O3. The molecule has 0 bridgehead atoms. The molecule has 7 nitrogen and oxygen atoms in total. The number of carbonyl (C=O) groups excluding carboxylic acids is 1. The number of amides is 1. The fraction of sp³-hybridized carbons (Fsp3) is 0.450. The smallest absolute Gasteiger partial charge is 0.264 e. The topological polar surface area (TPSA) is 82.2 Å². The van der Waals surface area contributed by atoms with Gasteiger partial charge in [-0.25, -0.2) is 0 Å². The van der Waals surface area contributed by atoms with Crippen LogP contribution in [0.25, 0.3) is 22.5 Å². The average Bonchev–Trinajstić information content (AvgIpc) is 3.41. The lowest BCUT2D eigenvalue weighted by atomic mass is 10.2. The van der Waals surface area contributed by atoms with Crippen molar-refractivity contribution in [3.05, 3.63) is 36.2 Å². The summed E-state index contributed by atoms with van der Waals surface area (Å²) in [6, 6.07) is 9.94. The fourth-order valence-electron chi connectivity index (χ4n) is 3.46. The number of rotatable bonds is 7. The second-order valence-corrected chi connectivity index (χ2v) is 6.86. The molecule has 0 spiro atoms. The standard InChI is InChI=1S/C20H24N4O3/c1-2-6-19-22-23-20(27-19)17-11-14-7-3-4-9-16(14)24(17)13-18(25)21-12-15-8-5-10-26-15/h3-4,7,9,11,15H,2,5-6,8,10,12-13H2,1H3,(H,21,25)/t15-/m1/s1. The van der Waals surface area contributed by atoms with Gasteiger partial charge >= 0.3 is 0 Å². The molecule has 3 heterocycles. The van der Waals surface area contributed by atoms with E-state index in [0.717, 1.165) is 48.9 Å². The van der Waals surface area contributed by atoms with Crippen molar-refractivity contribution in [3.63, 3.8) is 0 Å². The largest absolute Gasteiger partial charge is 0.419 e. The lowest BCUT2D eigenvalue weighted by Crippen LogP contribution is -2.34. The molecule has 1 fully saturated rings. The van der Waals surface area contributed by atoms with E-state index in [1.807, 2.05) is 34.9 Å². The van der Waals surface area contributed by atoms with E-state index in [4.69, 9.17) is 9.15 Å². The van der Waals surface area contributed by atoms with Gasteiger partial charge in [0.1, 0.15) is 12.2 Å². The maximum atomic E-state index is 12.5. The van der Waals surface area contributed by atoms with E-state index in [0.29, 0.717) is 18.3 Å². The van der Waals surface area contributed by atoms with E-state index in [1.165, 1.54) is 0 Å². The van der Waals surface area contributed by atoms with Gasteiger partial charge in [-0.3, -0.25) is 4.79 Å². The van der Waals surface area contributed by atoms with Crippen LogP contribution in [0.15, 0.2) is 34.7 Å². The van der Waals surface area contributed by atoms with Crippen LogP contribution >= 0.6 is 0 Å². The highest BCUT2D eigenvalue weighted by Crippen LogP contribution is 2.27. The minimum absolute atomic E-state index is 0.0543. The Hall–Kier alpha value is -2.67. The van der Waals surface area contributed by atoms with Crippen molar-refractivity contribution in [1.29, 1.82) is 0 Å². The molecule has 27 heavy (non-hydrogen) atoms. The van der Waals surface area contributed by atoms with E-state index in [-0.39, 0.29) is 18.6 Å². The van der Waals surface area contributed by atoms with Gasteiger partial charge in [-0.05, 0) is 31.4 Å². The molecule has 7 heteroatoms. The Morgan fingerprint density at radius 3 is 3.04 bits per heavy atom. The molecule has 1 aliphatic rings. The maximum Gasteiger partial charge on any atom is 0.264 e. The molecule has 0 saturated carbocycles. The third-order valence-electron chi connectivity index (χ3n) is 4.81. The number of para-hydroxylation sites is 1. The third kappa shape index (κ3) is 3.88. The zero-order valence-electron chi connectivity index (χ0n) is 15.5. The van der Waals surface area contributed by atoms with Crippen molar-refractivity contribution < 1.29 is 13.9 Å². The summed E-state index contributed by atoms with van der Waals surface area (Å²) in [6.07, 6.45) is 3.87. The van der Waals surface area contributed by atoms with Crippen LogP contribution < -0.4 is 5.32 Å². The number of hydrogen-bond donors (Lipinski definition) is 1. The van der Waals surface area contributed by atoms with Crippen molar-refractivity contribution in [2.24, 2.45) is 0 Å². The van der Waals surface area contributed by atoms with Crippen LogP contribution in [0.4, 0.5) is 0 Å². The molecule has 1 aromatic carbocycles. The first-order valence-corrected chi connectivity index (χ1v) is 9.54. The number of carbonyl (C=O) groups is 1. The van der Waals surface area contributed by atoms with Crippen LogP contribution in [0.3, 0.4) is 0 Å². The Labute approximate surface area is 157 Å². The van der Waals surface area contributed by atoms with E-state index in [9.17, 15) is 4.79 Å². The second kappa shape index (κ2) is 7.92. The summed E-state index contributed by atoms with van der Waals surface area (Å²) < 4.78 is 13.3. The molecule has 0 radical (unpaired) electrons. The van der Waals surface area contributed by atoms with Crippen LogP contribution in [-0.4, -0.2) is 39.9 Å². The van der Waals surface area contributed by atoms with Gasteiger partial charge in [-0.15, -0.1) is 10.2 Å². The number of benzene rings is 1. The minimum Gasteiger partial charge on any atom is -0.419 e. The van der Waals surface area contributed by atoms with Crippen molar-refractivity contribution in [3.8, 4) is 11.6 Å². The Bertz CT molecular complexity index is 924. The van der Waals surface area contributed by atoms with Crippen LogP contribution in [0.2, 0.25) is 0 Å². The molecule has 1 N–H and O–H groups in total. The first-order valence-electron chi connectivity index (χ1n) is 9.54. The molecule has 4 rings (SSSR count). The highest BCUT2D eigenvalue weighted by molar-refractivity contribution is 5.88. The highest BCUT2D eigenvalue weighted by Gasteiger charge is 2.20. The summed E-state index contributed by atoms with van der Waals surface area (Å²) in [7, 11) is 0. The number of nitrogens with one attached hydrogen (secondary N) is 1. The molecule has 3 aromatic rings. The second-order valence-electron chi connectivity index (χ2n) is 6.86. The van der Waals surface area contributed by atoms with Gasteiger partial charge < -0.3 is 19.0 Å². The molecule has 2 aromatic heterocycles. The number of nitrogens with zero attached hydrogens (tertiary/aromatic N) is 3. The average molecular weight is 368 g/mol. The lowest BCUT2D eigenvalue weighted by molar-refractivity contribution is -0.122. The van der Waals surface area contributed by atoms with Gasteiger partial charge in [0.2, 0.25) is 11.8 Å². The Morgan fingerprint density at radius 2 is 2.22 bits per heavy atom. The molecule has 1 atom stereocenters. The van der Waals surface area contributed by atoms with E-state index in [2.05, 4.69) is 22.4 Å². The van der Waals surface area contributed by atoms with Crippen LogP contribution in [-0.2, 0) is 22.5 Å². The van der Waals surface area contributed by atoms with Crippen molar-refractivity contribution in [2.75, 3.05) is 13.2 Å². The summed E-state index contributed by atoms with van der Waals surface area (Å²) >= 11 is 0. The summed E-state index contributed by atoms with van der Waals surface area (Å²) in [5.74, 6) is 1.01. The quantitative estimate of drug-likeness (QED) is 0.693. The van der Waals surface area contributed by atoms with E-state index < -0.39 is 0 Å². The summed E-state index contributed by atoms with van der Waals surface area (Å²) in [6.45, 7) is 3.60. The number of fused-ring (bicyclic) bond motifs is 1. The normalized spacial score (nSPS) is 16.9. The van der Waals surface area contributed by atoms with Crippen molar-refractivity contribution in [1.82, 2.24) is 20.1 Å². The van der Waals surface area contributed by atoms with Crippen LogP contribution in [0.1, 0.15) is 32.1 Å². The maximum absolute atomic E-state index is 12.5. The summed E-state index contributed by atoms with van der Waals surface area (Å²) in [4.78, 5) is 12.5. The summed E-state index contributed by atoms with van der Waals surface area (Å²) in [5, 5.41) is 12.3. The molecular weight excluding hydrogens is 344 g/mol. The van der Waals surface area contributed by atoms with Crippen molar-refractivity contribution >= 4 is 16.8 Å². The van der Waals surface area contributed by atoms with Crippen LogP contribution in [0, 0.1) is 0 Å². The van der Waals surface area contributed by atoms with Gasteiger partial charge in [0.25, 0.3) is 5.89 Å².